The van der Waals surface area contributed by atoms with Gasteiger partial charge in [-0.05, 0) is 13.8 Å². The van der Waals surface area contributed by atoms with Gasteiger partial charge >= 0.3 is 0 Å². The number of carbonyl (C=O) groups is 1. The molecular weight excluding hydrogens is 190 g/mol. The summed E-state index contributed by atoms with van der Waals surface area (Å²) in [5, 5.41) is 7.08. The van der Waals surface area contributed by atoms with Gasteiger partial charge < -0.3 is 5.32 Å². The maximum absolute atomic E-state index is 11.4. The van der Waals surface area contributed by atoms with Crippen molar-refractivity contribution in [2.45, 2.75) is 19.4 Å². The van der Waals surface area contributed by atoms with Crippen molar-refractivity contribution in [3.05, 3.63) is 17.4 Å². The van der Waals surface area contributed by atoms with Gasteiger partial charge in [-0.1, -0.05) is 11.6 Å². The quantitative estimate of drug-likeness (QED) is 0.777. The second kappa shape index (κ2) is 3.38. The monoisotopic (exact) mass is 201 g/mol. The van der Waals surface area contributed by atoms with Gasteiger partial charge in [0.25, 0.3) is 0 Å². The van der Waals surface area contributed by atoms with Crippen molar-refractivity contribution in [2.75, 3.05) is 7.05 Å². The first kappa shape index (κ1) is 10.1. The number of likely N-dealkylation sites (N-methyl/N-ethyl adjacent to an activating group) is 1. The van der Waals surface area contributed by atoms with E-state index in [2.05, 4.69) is 10.4 Å². The summed E-state index contributed by atoms with van der Waals surface area (Å²) in [7, 11) is 1.59. The summed E-state index contributed by atoms with van der Waals surface area (Å²) >= 11 is 5.70. The molecule has 5 heteroatoms. The molecule has 1 N–H and O–H groups in total. The molecule has 0 bridgehead atoms. The SMILES string of the molecule is CNC(=O)C(C)(C)n1cc(Cl)cn1. The van der Waals surface area contributed by atoms with Crippen LogP contribution in [0.25, 0.3) is 0 Å². The van der Waals surface area contributed by atoms with E-state index in [0.29, 0.717) is 5.02 Å². The van der Waals surface area contributed by atoms with Gasteiger partial charge in [-0.2, -0.15) is 5.10 Å². The Hall–Kier alpha value is -1.03. The molecule has 0 aliphatic carbocycles. The van der Waals surface area contributed by atoms with E-state index in [1.807, 2.05) is 0 Å². The van der Waals surface area contributed by atoms with Crippen molar-refractivity contribution in [1.29, 1.82) is 0 Å². The first-order valence-corrected chi connectivity index (χ1v) is 4.29. The van der Waals surface area contributed by atoms with E-state index in [9.17, 15) is 4.79 Å². The Morgan fingerprint density at radius 1 is 1.69 bits per heavy atom. The molecule has 1 rings (SSSR count). The molecule has 1 aromatic heterocycles. The van der Waals surface area contributed by atoms with Crippen LogP contribution in [0, 0.1) is 0 Å². The zero-order chi connectivity index (χ0) is 10.1. The lowest BCUT2D eigenvalue weighted by atomic mass is 10.1. The molecule has 4 nitrogen and oxygen atoms in total. The lowest BCUT2D eigenvalue weighted by molar-refractivity contribution is -0.128. The predicted octanol–water partition coefficient (Wildman–Crippen LogP) is 1.02. The maximum atomic E-state index is 11.4. The molecule has 1 heterocycles. The standard InChI is InChI=1S/C8H12ClN3O/c1-8(2,7(13)10-3)12-5-6(9)4-11-12/h4-5H,1-3H3,(H,10,13). The van der Waals surface area contributed by atoms with Crippen LogP contribution in [0.3, 0.4) is 0 Å². The summed E-state index contributed by atoms with van der Waals surface area (Å²) < 4.78 is 1.54. The van der Waals surface area contributed by atoms with Gasteiger partial charge in [0.1, 0.15) is 5.54 Å². The van der Waals surface area contributed by atoms with E-state index in [-0.39, 0.29) is 5.91 Å². The normalized spacial score (nSPS) is 11.4. The lowest BCUT2D eigenvalue weighted by Gasteiger charge is -2.22. The van der Waals surface area contributed by atoms with Crippen LogP contribution in [0.1, 0.15) is 13.8 Å². The zero-order valence-electron chi connectivity index (χ0n) is 7.84. The Morgan fingerprint density at radius 2 is 2.31 bits per heavy atom. The highest BCUT2D eigenvalue weighted by Gasteiger charge is 2.29. The summed E-state index contributed by atoms with van der Waals surface area (Å²) in [5.74, 6) is -0.104. The average Bonchev–Trinajstić information content (AvgIpc) is 2.50. The third-order valence-corrected chi connectivity index (χ3v) is 2.10. The van der Waals surface area contributed by atoms with Gasteiger partial charge in [-0.15, -0.1) is 0 Å². The van der Waals surface area contributed by atoms with Crippen molar-refractivity contribution in [2.24, 2.45) is 0 Å². The summed E-state index contributed by atoms with van der Waals surface area (Å²) in [6.45, 7) is 3.55. The van der Waals surface area contributed by atoms with Crippen molar-refractivity contribution in [3.8, 4) is 0 Å². The Bertz CT molecular complexity index is 319. The van der Waals surface area contributed by atoms with E-state index >= 15 is 0 Å². The number of amides is 1. The second-order valence-electron chi connectivity index (χ2n) is 3.24. The first-order chi connectivity index (χ1) is 5.98. The van der Waals surface area contributed by atoms with E-state index in [0.717, 1.165) is 0 Å². The molecule has 0 radical (unpaired) electrons. The fourth-order valence-electron chi connectivity index (χ4n) is 1.02. The van der Waals surface area contributed by atoms with Gasteiger partial charge in [0.2, 0.25) is 5.91 Å². The van der Waals surface area contributed by atoms with Gasteiger partial charge in [0.15, 0.2) is 0 Å². The summed E-state index contributed by atoms with van der Waals surface area (Å²) in [6.07, 6.45) is 3.13. The lowest BCUT2D eigenvalue weighted by Crippen LogP contribution is -2.43. The molecule has 0 saturated heterocycles. The number of hydrogen-bond donors (Lipinski definition) is 1. The molecular formula is C8H12ClN3O. The third kappa shape index (κ3) is 1.83. The largest absolute Gasteiger partial charge is 0.357 e. The average molecular weight is 202 g/mol. The molecule has 13 heavy (non-hydrogen) atoms. The number of carbonyl (C=O) groups excluding carboxylic acids is 1. The number of nitrogens with one attached hydrogen (secondary N) is 1. The van der Waals surface area contributed by atoms with Crippen LogP contribution in [-0.2, 0) is 10.3 Å². The molecule has 0 aliphatic heterocycles. The smallest absolute Gasteiger partial charge is 0.247 e. The number of halogens is 1. The predicted molar refractivity (Wildman–Crippen MR) is 50.6 cm³/mol. The topological polar surface area (TPSA) is 46.9 Å². The van der Waals surface area contributed by atoms with Crippen LogP contribution >= 0.6 is 11.6 Å². The van der Waals surface area contributed by atoms with Crippen LogP contribution in [0.5, 0.6) is 0 Å². The van der Waals surface area contributed by atoms with Crippen LogP contribution < -0.4 is 5.32 Å². The van der Waals surface area contributed by atoms with Crippen molar-refractivity contribution in [3.63, 3.8) is 0 Å². The number of rotatable bonds is 2. The first-order valence-electron chi connectivity index (χ1n) is 3.91. The fourth-order valence-corrected chi connectivity index (χ4v) is 1.15. The number of nitrogens with zero attached hydrogens (tertiary/aromatic N) is 2. The van der Waals surface area contributed by atoms with Crippen LogP contribution in [0.2, 0.25) is 5.02 Å². The minimum absolute atomic E-state index is 0.104. The van der Waals surface area contributed by atoms with Crippen molar-refractivity contribution < 1.29 is 4.79 Å². The highest BCUT2D eigenvalue weighted by Crippen LogP contribution is 2.16. The molecule has 1 amide bonds. The van der Waals surface area contributed by atoms with Crippen LogP contribution in [-0.4, -0.2) is 22.7 Å². The van der Waals surface area contributed by atoms with Gasteiger partial charge in [-0.25, -0.2) is 0 Å². The Balaban J connectivity index is 2.99. The highest BCUT2D eigenvalue weighted by atomic mass is 35.5. The molecule has 72 valence electrons. The minimum atomic E-state index is -0.706. The summed E-state index contributed by atoms with van der Waals surface area (Å²) in [4.78, 5) is 11.4. The second-order valence-corrected chi connectivity index (χ2v) is 3.68. The van der Waals surface area contributed by atoms with Gasteiger partial charge in [0, 0.05) is 13.2 Å². The van der Waals surface area contributed by atoms with E-state index < -0.39 is 5.54 Å². The van der Waals surface area contributed by atoms with E-state index in [4.69, 9.17) is 11.6 Å². The van der Waals surface area contributed by atoms with Gasteiger partial charge in [-0.3, -0.25) is 9.48 Å². The molecule has 1 aromatic rings. The molecule has 0 spiro atoms. The molecule has 0 fully saturated rings. The summed E-state index contributed by atoms with van der Waals surface area (Å²) in [5.41, 5.74) is -0.706. The number of hydrogen-bond acceptors (Lipinski definition) is 2. The van der Waals surface area contributed by atoms with E-state index in [1.165, 1.54) is 10.9 Å². The highest BCUT2D eigenvalue weighted by molar-refractivity contribution is 6.30. The Kier molecular flexibility index (Phi) is 2.61. The summed E-state index contributed by atoms with van der Waals surface area (Å²) in [6, 6.07) is 0. The molecule has 0 unspecified atom stereocenters. The zero-order valence-corrected chi connectivity index (χ0v) is 8.59. The van der Waals surface area contributed by atoms with Crippen molar-refractivity contribution >= 4 is 17.5 Å². The molecule has 0 atom stereocenters. The minimum Gasteiger partial charge on any atom is -0.357 e. The number of aromatic nitrogens is 2. The Labute approximate surface area is 81.9 Å². The molecule has 0 saturated carbocycles. The molecule has 0 aliphatic rings. The van der Waals surface area contributed by atoms with Gasteiger partial charge in [0.05, 0.1) is 11.2 Å². The van der Waals surface area contributed by atoms with Crippen LogP contribution in [0.4, 0.5) is 0 Å². The van der Waals surface area contributed by atoms with Crippen LogP contribution in [0.15, 0.2) is 12.4 Å². The Morgan fingerprint density at radius 3 is 2.69 bits per heavy atom. The fraction of sp³-hybridized carbons (Fsp3) is 0.500. The third-order valence-electron chi connectivity index (χ3n) is 1.91. The van der Waals surface area contributed by atoms with Crippen molar-refractivity contribution in [1.82, 2.24) is 15.1 Å². The maximum Gasteiger partial charge on any atom is 0.247 e. The van der Waals surface area contributed by atoms with E-state index in [1.54, 1.807) is 27.1 Å². The molecule has 0 aromatic carbocycles.